The van der Waals surface area contributed by atoms with Crippen LogP contribution in [0.2, 0.25) is 0 Å². The van der Waals surface area contributed by atoms with Gasteiger partial charge in [0.1, 0.15) is 5.54 Å². The fourth-order valence-corrected chi connectivity index (χ4v) is 2.38. The molecule has 7 nitrogen and oxygen atoms in total. The highest BCUT2D eigenvalue weighted by atomic mass is 16.5. The molecule has 0 radical (unpaired) electrons. The van der Waals surface area contributed by atoms with Crippen molar-refractivity contribution in [3.05, 3.63) is 54.6 Å². The van der Waals surface area contributed by atoms with E-state index < -0.39 is 5.54 Å². The molecule has 0 saturated carbocycles. The van der Waals surface area contributed by atoms with Gasteiger partial charge in [-0.25, -0.2) is 0 Å². The van der Waals surface area contributed by atoms with Crippen LogP contribution >= 0.6 is 0 Å². The van der Waals surface area contributed by atoms with Crippen molar-refractivity contribution in [2.75, 3.05) is 19.0 Å². The zero-order chi connectivity index (χ0) is 18.6. The molecule has 2 aromatic carbocycles. The van der Waals surface area contributed by atoms with Crippen LogP contribution < -0.4 is 11.1 Å². The summed E-state index contributed by atoms with van der Waals surface area (Å²) in [6.07, 6.45) is 0. The summed E-state index contributed by atoms with van der Waals surface area (Å²) in [4.78, 5) is 16.6. The van der Waals surface area contributed by atoms with Crippen LogP contribution in [0.1, 0.15) is 6.92 Å². The smallest absolute Gasteiger partial charge is 0.258 e. The van der Waals surface area contributed by atoms with Crippen molar-refractivity contribution in [3.63, 3.8) is 0 Å². The summed E-state index contributed by atoms with van der Waals surface area (Å²) in [6, 6.07) is 16.7. The third kappa shape index (κ3) is 3.96. The van der Waals surface area contributed by atoms with Gasteiger partial charge in [-0.3, -0.25) is 4.79 Å². The van der Waals surface area contributed by atoms with Crippen molar-refractivity contribution in [2.45, 2.75) is 12.5 Å². The molecule has 1 amide bonds. The Kier molecular flexibility index (Phi) is 5.11. The first-order valence-electron chi connectivity index (χ1n) is 8.08. The van der Waals surface area contributed by atoms with E-state index in [1.54, 1.807) is 31.2 Å². The lowest BCUT2D eigenvalue weighted by atomic mass is 10.0. The zero-order valence-electron chi connectivity index (χ0n) is 14.6. The molecule has 1 heterocycles. The molecule has 0 aliphatic heterocycles. The van der Waals surface area contributed by atoms with Crippen LogP contribution in [0, 0.1) is 0 Å². The number of carbonyl (C=O) groups is 1. The zero-order valence-corrected chi connectivity index (χ0v) is 14.6. The number of nitrogens with one attached hydrogen (secondary N) is 1. The van der Waals surface area contributed by atoms with Crippen molar-refractivity contribution in [2.24, 2.45) is 5.73 Å². The Labute approximate surface area is 151 Å². The molecular formula is C19H20N4O3. The van der Waals surface area contributed by atoms with Crippen molar-refractivity contribution in [1.82, 2.24) is 10.1 Å². The number of hydrogen-bond donors (Lipinski definition) is 2. The molecule has 0 aliphatic carbocycles. The maximum absolute atomic E-state index is 12.2. The number of anilines is 1. The molecule has 134 valence electrons. The van der Waals surface area contributed by atoms with Crippen LogP contribution in [0.4, 0.5) is 5.69 Å². The molecule has 3 aromatic rings. The summed E-state index contributed by atoms with van der Waals surface area (Å²) in [6.45, 7) is 1.74. The summed E-state index contributed by atoms with van der Waals surface area (Å²) < 4.78 is 10.3. The number of methoxy groups -OCH3 is 1. The summed E-state index contributed by atoms with van der Waals surface area (Å²) >= 11 is 0. The molecule has 0 saturated heterocycles. The van der Waals surface area contributed by atoms with Gasteiger partial charge in [0.15, 0.2) is 0 Å². The first kappa shape index (κ1) is 17.8. The largest absolute Gasteiger partial charge is 0.382 e. The molecule has 1 aromatic heterocycles. The Hall–Kier alpha value is -3.03. The number of nitrogens with two attached hydrogens (primary N) is 1. The van der Waals surface area contributed by atoms with Gasteiger partial charge in [0, 0.05) is 23.9 Å². The highest BCUT2D eigenvalue weighted by molar-refractivity contribution is 5.97. The van der Waals surface area contributed by atoms with Gasteiger partial charge < -0.3 is 20.3 Å². The van der Waals surface area contributed by atoms with Crippen molar-refractivity contribution in [1.29, 1.82) is 0 Å². The molecule has 1 atom stereocenters. The molecule has 0 bridgehead atoms. The highest BCUT2D eigenvalue weighted by Gasteiger charge is 2.28. The van der Waals surface area contributed by atoms with Crippen LogP contribution in [-0.4, -0.2) is 35.3 Å². The van der Waals surface area contributed by atoms with E-state index >= 15 is 0 Å². The first-order valence-corrected chi connectivity index (χ1v) is 8.08. The molecule has 26 heavy (non-hydrogen) atoms. The minimum atomic E-state index is -1.11. The minimum absolute atomic E-state index is 0.127. The van der Waals surface area contributed by atoms with E-state index in [1.165, 1.54) is 7.11 Å². The summed E-state index contributed by atoms with van der Waals surface area (Å²) in [5, 5.41) is 6.78. The third-order valence-electron chi connectivity index (χ3n) is 3.81. The Balaban J connectivity index is 1.72. The standard InChI is InChI=1S/C19H20N4O3/c1-19(20,12-25-2)18(24)21-15-10-8-13(9-11-15)16-22-17(26-23-16)14-6-4-3-5-7-14/h3-11H,12,20H2,1-2H3,(H,21,24)/t19-/m0/s1. The maximum atomic E-state index is 12.2. The Morgan fingerprint density at radius 2 is 1.85 bits per heavy atom. The molecule has 3 rings (SSSR count). The SMILES string of the molecule is COC[C@](C)(N)C(=O)Nc1ccc(-c2noc(-c3ccccc3)n2)cc1. The lowest BCUT2D eigenvalue weighted by molar-refractivity contribution is -0.122. The number of ether oxygens (including phenoxy) is 1. The van der Waals surface area contributed by atoms with Gasteiger partial charge in [0.2, 0.25) is 11.7 Å². The Bertz CT molecular complexity index is 873. The van der Waals surface area contributed by atoms with E-state index in [0.29, 0.717) is 17.4 Å². The van der Waals surface area contributed by atoms with Crippen LogP contribution in [-0.2, 0) is 9.53 Å². The second-order valence-electron chi connectivity index (χ2n) is 6.17. The predicted molar refractivity (Wildman–Crippen MR) is 98.3 cm³/mol. The topological polar surface area (TPSA) is 103 Å². The average molecular weight is 352 g/mol. The molecule has 0 fully saturated rings. The number of aromatic nitrogens is 2. The quantitative estimate of drug-likeness (QED) is 0.707. The fourth-order valence-electron chi connectivity index (χ4n) is 2.38. The van der Waals surface area contributed by atoms with Gasteiger partial charge in [-0.05, 0) is 43.3 Å². The van der Waals surface area contributed by atoms with Gasteiger partial charge in [0.05, 0.1) is 6.61 Å². The van der Waals surface area contributed by atoms with Crippen LogP contribution in [0.3, 0.4) is 0 Å². The van der Waals surface area contributed by atoms with Crippen molar-refractivity contribution >= 4 is 11.6 Å². The molecule has 3 N–H and O–H groups in total. The van der Waals surface area contributed by atoms with E-state index in [2.05, 4.69) is 15.5 Å². The Morgan fingerprint density at radius 3 is 2.50 bits per heavy atom. The van der Waals surface area contributed by atoms with Gasteiger partial charge in [0.25, 0.3) is 5.89 Å². The molecule has 0 spiro atoms. The van der Waals surface area contributed by atoms with Gasteiger partial charge >= 0.3 is 0 Å². The fraction of sp³-hybridized carbons (Fsp3) is 0.211. The predicted octanol–water partition coefficient (Wildman–Crippen LogP) is 2.71. The van der Waals surface area contributed by atoms with Crippen molar-refractivity contribution in [3.8, 4) is 22.8 Å². The van der Waals surface area contributed by atoms with Crippen LogP contribution in [0.15, 0.2) is 59.1 Å². The number of carbonyl (C=O) groups excluding carboxylic acids is 1. The normalized spacial score (nSPS) is 13.2. The van der Waals surface area contributed by atoms with Gasteiger partial charge in [-0.15, -0.1) is 0 Å². The minimum Gasteiger partial charge on any atom is -0.382 e. The number of rotatable bonds is 6. The highest BCUT2D eigenvalue weighted by Crippen LogP contribution is 2.23. The summed E-state index contributed by atoms with van der Waals surface area (Å²) in [5.41, 5.74) is 7.08. The first-order chi connectivity index (χ1) is 12.5. The monoisotopic (exact) mass is 352 g/mol. The number of benzene rings is 2. The molecule has 0 aliphatic rings. The number of amides is 1. The lowest BCUT2D eigenvalue weighted by Crippen LogP contribution is -2.51. The van der Waals surface area contributed by atoms with Crippen molar-refractivity contribution < 1.29 is 14.1 Å². The van der Waals surface area contributed by atoms with Crippen LogP contribution in [0.25, 0.3) is 22.8 Å². The van der Waals surface area contributed by atoms with E-state index in [-0.39, 0.29) is 12.5 Å². The van der Waals surface area contributed by atoms with Gasteiger partial charge in [-0.2, -0.15) is 4.98 Å². The third-order valence-corrected chi connectivity index (χ3v) is 3.81. The van der Waals surface area contributed by atoms with E-state index in [9.17, 15) is 4.79 Å². The average Bonchev–Trinajstić information content (AvgIpc) is 3.13. The second kappa shape index (κ2) is 7.47. The maximum Gasteiger partial charge on any atom is 0.258 e. The Morgan fingerprint density at radius 1 is 1.15 bits per heavy atom. The second-order valence-corrected chi connectivity index (χ2v) is 6.17. The van der Waals surface area contributed by atoms with E-state index in [4.69, 9.17) is 15.0 Å². The molecular weight excluding hydrogens is 332 g/mol. The molecule has 7 heteroatoms. The number of hydrogen-bond acceptors (Lipinski definition) is 6. The molecule has 0 unspecified atom stereocenters. The lowest BCUT2D eigenvalue weighted by Gasteiger charge is -2.22. The van der Waals surface area contributed by atoms with Gasteiger partial charge in [-0.1, -0.05) is 23.4 Å². The van der Waals surface area contributed by atoms with Crippen LogP contribution in [0.5, 0.6) is 0 Å². The van der Waals surface area contributed by atoms with E-state index in [0.717, 1.165) is 11.1 Å². The summed E-state index contributed by atoms with van der Waals surface area (Å²) in [7, 11) is 1.50. The number of nitrogens with zero attached hydrogens (tertiary/aromatic N) is 2. The summed E-state index contributed by atoms with van der Waals surface area (Å²) in [5.74, 6) is 0.610. The van der Waals surface area contributed by atoms with E-state index in [1.807, 2.05) is 30.3 Å².